The van der Waals surface area contributed by atoms with Gasteiger partial charge in [0, 0.05) is 18.8 Å². The van der Waals surface area contributed by atoms with Gasteiger partial charge in [0.15, 0.2) is 0 Å². The summed E-state index contributed by atoms with van der Waals surface area (Å²) in [6.45, 7) is 0.799. The predicted octanol–water partition coefficient (Wildman–Crippen LogP) is 2.71. The third-order valence-electron chi connectivity index (χ3n) is 3.24. The van der Waals surface area contributed by atoms with Crippen molar-refractivity contribution in [1.29, 1.82) is 5.26 Å². The predicted molar refractivity (Wildman–Crippen MR) is 82.3 cm³/mol. The average Bonchev–Trinajstić information content (AvgIpc) is 2.54. The van der Waals surface area contributed by atoms with Crippen molar-refractivity contribution in [3.63, 3.8) is 0 Å². The van der Waals surface area contributed by atoms with Gasteiger partial charge in [0.05, 0.1) is 12.7 Å². The fraction of sp³-hybridized carbons (Fsp3) is 0.235. The smallest absolute Gasteiger partial charge is 0.136 e. The lowest BCUT2D eigenvalue weighted by Gasteiger charge is -2.09. The zero-order valence-corrected chi connectivity index (χ0v) is 12.0. The molecule has 2 N–H and O–H groups in total. The van der Waals surface area contributed by atoms with E-state index in [0.717, 1.165) is 16.8 Å². The number of nitrogens with one attached hydrogen (secondary N) is 1. The molecule has 0 bridgehead atoms. The van der Waals surface area contributed by atoms with Crippen LogP contribution in [0.15, 0.2) is 42.5 Å². The topological polar surface area (TPSA) is 65.3 Å². The van der Waals surface area contributed by atoms with Gasteiger partial charge in [0.1, 0.15) is 11.8 Å². The molecular weight excluding hydrogens is 264 g/mol. The average molecular weight is 282 g/mol. The quantitative estimate of drug-likeness (QED) is 0.855. The Kier molecular flexibility index (Phi) is 5.19. The minimum atomic E-state index is 0.162. The molecule has 0 spiro atoms. The largest absolute Gasteiger partial charge is 0.495 e. The van der Waals surface area contributed by atoms with E-state index in [9.17, 15) is 0 Å². The van der Waals surface area contributed by atoms with Crippen LogP contribution in [0.1, 0.15) is 16.7 Å². The lowest BCUT2D eigenvalue weighted by molar-refractivity contribution is 0.299. The van der Waals surface area contributed by atoms with E-state index >= 15 is 0 Å². The Morgan fingerprint density at radius 3 is 2.48 bits per heavy atom. The first-order valence-corrected chi connectivity index (χ1v) is 6.77. The number of ether oxygens (including phenoxy) is 1. The first-order chi connectivity index (χ1) is 10.3. The van der Waals surface area contributed by atoms with E-state index in [-0.39, 0.29) is 6.61 Å². The molecule has 0 fully saturated rings. The van der Waals surface area contributed by atoms with Crippen molar-refractivity contribution in [2.24, 2.45) is 0 Å². The molecule has 108 valence electrons. The van der Waals surface area contributed by atoms with E-state index < -0.39 is 0 Å². The third-order valence-corrected chi connectivity index (χ3v) is 3.24. The lowest BCUT2D eigenvalue weighted by atomic mass is 10.1. The van der Waals surface area contributed by atoms with Crippen molar-refractivity contribution >= 4 is 5.69 Å². The van der Waals surface area contributed by atoms with Gasteiger partial charge in [-0.25, -0.2) is 0 Å². The molecule has 0 aliphatic heterocycles. The summed E-state index contributed by atoms with van der Waals surface area (Å²) in [7, 11) is 1.56. The molecule has 0 saturated heterocycles. The number of benzene rings is 2. The van der Waals surface area contributed by atoms with Crippen molar-refractivity contribution < 1.29 is 9.84 Å². The maximum Gasteiger partial charge on any atom is 0.136 e. The van der Waals surface area contributed by atoms with Gasteiger partial charge >= 0.3 is 0 Å². The number of aliphatic hydroxyl groups excluding tert-OH is 1. The number of nitrogens with zero attached hydrogens (tertiary/aromatic N) is 1. The molecule has 0 radical (unpaired) electrons. The Morgan fingerprint density at radius 2 is 1.86 bits per heavy atom. The molecule has 2 rings (SSSR count). The highest BCUT2D eigenvalue weighted by Crippen LogP contribution is 2.19. The standard InChI is InChI=1S/C17H18N2O2/c1-21-17-7-4-14(10-15(17)11-18)12-19-16-5-2-13(3-6-16)8-9-20/h2-7,10,19-20H,8-9,12H2,1H3. The molecule has 21 heavy (non-hydrogen) atoms. The Hall–Kier alpha value is -2.51. The summed E-state index contributed by atoms with van der Waals surface area (Å²) in [6.07, 6.45) is 0.671. The summed E-state index contributed by atoms with van der Waals surface area (Å²) >= 11 is 0. The molecule has 0 heterocycles. The van der Waals surface area contributed by atoms with Gasteiger partial charge in [0.2, 0.25) is 0 Å². The highest BCUT2D eigenvalue weighted by atomic mass is 16.5. The minimum Gasteiger partial charge on any atom is -0.495 e. The molecule has 0 aromatic heterocycles. The normalized spacial score (nSPS) is 9.95. The van der Waals surface area contributed by atoms with Gasteiger partial charge in [0.25, 0.3) is 0 Å². The van der Waals surface area contributed by atoms with E-state index in [2.05, 4.69) is 11.4 Å². The van der Waals surface area contributed by atoms with E-state index in [4.69, 9.17) is 15.1 Å². The molecule has 0 atom stereocenters. The first kappa shape index (κ1) is 14.9. The fourth-order valence-corrected chi connectivity index (χ4v) is 2.07. The second-order valence-electron chi connectivity index (χ2n) is 4.67. The number of aliphatic hydroxyl groups is 1. The molecule has 2 aromatic rings. The molecule has 0 saturated carbocycles. The maximum atomic E-state index is 9.07. The molecule has 4 nitrogen and oxygen atoms in total. The minimum absolute atomic E-state index is 0.162. The van der Waals surface area contributed by atoms with E-state index in [0.29, 0.717) is 24.3 Å². The SMILES string of the molecule is COc1ccc(CNc2ccc(CCO)cc2)cc1C#N. The summed E-state index contributed by atoms with van der Waals surface area (Å²) in [5, 5.41) is 21.3. The number of rotatable bonds is 6. The van der Waals surface area contributed by atoms with Gasteiger partial charge < -0.3 is 15.2 Å². The van der Waals surface area contributed by atoms with Crippen LogP contribution in [-0.4, -0.2) is 18.8 Å². The molecule has 4 heteroatoms. The van der Waals surface area contributed by atoms with E-state index in [1.165, 1.54) is 0 Å². The fourth-order valence-electron chi connectivity index (χ4n) is 2.07. The summed E-state index contributed by atoms with van der Waals surface area (Å²) in [5.41, 5.74) is 3.67. The van der Waals surface area contributed by atoms with Crippen molar-refractivity contribution in [2.75, 3.05) is 19.0 Å². The van der Waals surface area contributed by atoms with E-state index in [1.54, 1.807) is 13.2 Å². The molecule has 0 aliphatic rings. The molecule has 0 amide bonds. The molecule has 2 aromatic carbocycles. The van der Waals surface area contributed by atoms with Crippen LogP contribution in [0.4, 0.5) is 5.69 Å². The van der Waals surface area contributed by atoms with Crippen LogP contribution in [0, 0.1) is 11.3 Å². The zero-order chi connectivity index (χ0) is 15.1. The molecular formula is C17H18N2O2. The van der Waals surface area contributed by atoms with Crippen molar-refractivity contribution in [2.45, 2.75) is 13.0 Å². The van der Waals surface area contributed by atoms with Crippen molar-refractivity contribution in [1.82, 2.24) is 0 Å². The van der Waals surface area contributed by atoms with Crippen LogP contribution in [0.3, 0.4) is 0 Å². The number of anilines is 1. The van der Waals surface area contributed by atoms with Crippen molar-refractivity contribution in [3.05, 3.63) is 59.2 Å². The number of hydrogen-bond acceptors (Lipinski definition) is 4. The van der Waals surface area contributed by atoms with Crippen LogP contribution in [-0.2, 0) is 13.0 Å². The van der Waals surface area contributed by atoms with Crippen LogP contribution < -0.4 is 10.1 Å². The zero-order valence-electron chi connectivity index (χ0n) is 12.0. The molecule has 0 aliphatic carbocycles. The number of nitriles is 1. The highest BCUT2D eigenvalue weighted by molar-refractivity contribution is 5.48. The van der Waals surface area contributed by atoms with Crippen LogP contribution in [0.2, 0.25) is 0 Å². The summed E-state index contributed by atoms with van der Waals surface area (Å²) in [5.74, 6) is 0.592. The summed E-state index contributed by atoms with van der Waals surface area (Å²) in [6, 6.07) is 15.7. The van der Waals surface area contributed by atoms with Gasteiger partial charge in [-0.1, -0.05) is 18.2 Å². The Balaban J connectivity index is 2.01. The van der Waals surface area contributed by atoms with Gasteiger partial charge in [-0.15, -0.1) is 0 Å². The number of methoxy groups -OCH3 is 1. The van der Waals surface area contributed by atoms with Gasteiger partial charge in [-0.05, 0) is 41.8 Å². The maximum absolute atomic E-state index is 9.07. The van der Waals surface area contributed by atoms with Crippen LogP contribution in [0.25, 0.3) is 0 Å². The first-order valence-electron chi connectivity index (χ1n) is 6.77. The highest BCUT2D eigenvalue weighted by Gasteiger charge is 2.03. The van der Waals surface area contributed by atoms with E-state index in [1.807, 2.05) is 36.4 Å². The van der Waals surface area contributed by atoms with Crippen LogP contribution >= 0.6 is 0 Å². The van der Waals surface area contributed by atoms with Crippen LogP contribution in [0.5, 0.6) is 5.75 Å². The van der Waals surface area contributed by atoms with Crippen molar-refractivity contribution in [3.8, 4) is 11.8 Å². The monoisotopic (exact) mass is 282 g/mol. The molecule has 0 unspecified atom stereocenters. The Bertz CT molecular complexity index is 630. The second-order valence-corrected chi connectivity index (χ2v) is 4.67. The summed E-state index contributed by atoms with van der Waals surface area (Å²) in [4.78, 5) is 0. The number of hydrogen-bond donors (Lipinski definition) is 2. The Morgan fingerprint density at radius 1 is 1.14 bits per heavy atom. The Labute approximate surface area is 124 Å². The van der Waals surface area contributed by atoms with Gasteiger partial charge in [-0.2, -0.15) is 5.26 Å². The lowest BCUT2D eigenvalue weighted by Crippen LogP contribution is -2.00. The summed E-state index contributed by atoms with van der Waals surface area (Å²) < 4.78 is 5.13. The van der Waals surface area contributed by atoms with Gasteiger partial charge in [-0.3, -0.25) is 0 Å². The third kappa shape index (κ3) is 3.98. The second kappa shape index (κ2) is 7.32.